The lowest BCUT2D eigenvalue weighted by Crippen LogP contribution is -2.46. The number of sulfonamides is 1. The number of anilines is 1. The van der Waals surface area contributed by atoms with Crippen molar-refractivity contribution in [2.75, 3.05) is 31.6 Å². The number of piperidine rings is 1. The third-order valence-electron chi connectivity index (χ3n) is 5.14. The van der Waals surface area contributed by atoms with E-state index in [0.717, 1.165) is 25.9 Å². The van der Waals surface area contributed by atoms with E-state index < -0.39 is 15.9 Å². The second-order valence-electron chi connectivity index (χ2n) is 6.88. The molecular formula is C17H24N4O4S. The van der Waals surface area contributed by atoms with Gasteiger partial charge in [0.15, 0.2) is 0 Å². The summed E-state index contributed by atoms with van der Waals surface area (Å²) in [4.78, 5) is 28.4. The van der Waals surface area contributed by atoms with E-state index >= 15 is 0 Å². The van der Waals surface area contributed by atoms with Gasteiger partial charge in [0, 0.05) is 31.7 Å². The van der Waals surface area contributed by atoms with E-state index in [1.54, 1.807) is 24.1 Å². The van der Waals surface area contributed by atoms with Crippen molar-refractivity contribution >= 4 is 27.5 Å². The predicted molar refractivity (Wildman–Crippen MR) is 96.9 cm³/mol. The first kappa shape index (κ1) is 18.8. The van der Waals surface area contributed by atoms with E-state index in [0.29, 0.717) is 5.69 Å². The standard InChI is InChI=1S/C17H24N4O4S/c1-20(13-5-7-19-8-6-13)17(23)12-9-16(22)21(11-12)14-3-2-4-15(10-14)26(18,24)25/h2-4,10,12-13,19H,5-9,11H2,1H3,(H2,18,24,25). The molecule has 8 nitrogen and oxygen atoms in total. The number of nitrogens with zero attached hydrogens (tertiary/aromatic N) is 2. The molecule has 2 fully saturated rings. The zero-order valence-electron chi connectivity index (χ0n) is 14.7. The number of carbonyl (C=O) groups is 2. The minimum atomic E-state index is -3.85. The van der Waals surface area contributed by atoms with Crippen LogP contribution in [-0.4, -0.2) is 57.9 Å². The Hall–Kier alpha value is -1.97. The molecule has 0 aliphatic carbocycles. The monoisotopic (exact) mass is 380 g/mol. The zero-order valence-corrected chi connectivity index (χ0v) is 15.5. The Morgan fingerprint density at radius 3 is 2.65 bits per heavy atom. The quantitative estimate of drug-likeness (QED) is 0.757. The number of nitrogens with one attached hydrogen (secondary N) is 1. The van der Waals surface area contributed by atoms with E-state index in [1.807, 2.05) is 0 Å². The van der Waals surface area contributed by atoms with Crippen LogP contribution in [-0.2, 0) is 19.6 Å². The SMILES string of the molecule is CN(C(=O)C1CC(=O)N(c2cccc(S(N)(=O)=O)c2)C1)C1CCNCC1. The Labute approximate surface area is 153 Å². The van der Waals surface area contributed by atoms with Gasteiger partial charge in [-0.3, -0.25) is 9.59 Å². The van der Waals surface area contributed by atoms with Gasteiger partial charge in [0.05, 0.1) is 10.8 Å². The number of primary sulfonamides is 1. The molecule has 3 rings (SSSR count). The summed E-state index contributed by atoms with van der Waals surface area (Å²) in [5.41, 5.74) is 0.446. The van der Waals surface area contributed by atoms with Gasteiger partial charge >= 0.3 is 0 Å². The van der Waals surface area contributed by atoms with E-state index in [-0.39, 0.29) is 35.7 Å². The molecule has 0 aromatic heterocycles. The Morgan fingerprint density at radius 1 is 1.31 bits per heavy atom. The smallest absolute Gasteiger partial charge is 0.238 e. The van der Waals surface area contributed by atoms with Crippen molar-refractivity contribution in [3.8, 4) is 0 Å². The highest BCUT2D eigenvalue weighted by Gasteiger charge is 2.38. The Balaban J connectivity index is 1.73. The van der Waals surface area contributed by atoms with Gasteiger partial charge in [-0.25, -0.2) is 13.6 Å². The molecule has 0 spiro atoms. The molecule has 0 radical (unpaired) electrons. The first-order valence-corrected chi connectivity index (χ1v) is 10.2. The lowest BCUT2D eigenvalue weighted by molar-refractivity contribution is -0.137. The van der Waals surface area contributed by atoms with Gasteiger partial charge in [-0.05, 0) is 44.1 Å². The van der Waals surface area contributed by atoms with Crippen molar-refractivity contribution in [1.29, 1.82) is 0 Å². The van der Waals surface area contributed by atoms with Crippen LogP contribution in [0.3, 0.4) is 0 Å². The number of benzene rings is 1. The molecule has 142 valence electrons. The van der Waals surface area contributed by atoms with Crippen molar-refractivity contribution in [1.82, 2.24) is 10.2 Å². The minimum Gasteiger partial charge on any atom is -0.342 e. The summed E-state index contributed by atoms with van der Waals surface area (Å²) < 4.78 is 23.1. The van der Waals surface area contributed by atoms with Crippen LogP contribution in [0.5, 0.6) is 0 Å². The average Bonchev–Trinajstić information content (AvgIpc) is 3.02. The largest absolute Gasteiger partial charge is 0.342 e. The predicted octanol–water partition coefficient (Wildman–Crippen LogP) is -0.103. The molecule has 2 amide bonds. The molecule has 1 aromatic rings. The topological polar surface area (TPSA) is 113 Å². The molecule has 1 atom stereocenters. The van der Waals surface area contributed by atoms with Crippen molar-refractivity contribution in [3.63, 3.8) is 0 Å². The van der Waals surface area contributed by atoms with Gasteiger partial charge in [0.1, 0.15) is 0 Å². The van der Waals surface area contributed by atoms with E-state index in [1.165, 1.54) is 17.0 Å². The molecule has 2 aliphatic rings. The summed E-state index contributed by atoms with van der Waals surface area (Å²) >= 11 is 0. The Morgan fingerprint density at radius 2 is 2.00 bits per heavy atom. The summed E-state index contributed by atoms with van der Waals surface area (Å²) in [6.07, 6.45) is 1.94. The number of hydrogen-bond donors (Lipinski definition) is 2. The van der Waals surface area contributed by atoms with Crippen molar-refractivity contribution in [2.24, 2.45) is 11.1 Å². The first-order chi connectivity index (χ1) is 12.3. The number of rotatable bonds is 4. The van der Waals surface area contributed by atoms with Crippen LogP contribution in [0.2, 0.25) is 0 Å². The maximum absolute atomic E-state index is 12.8. The molecule has 0 saturated carbocycles. The zero-order chi connectivity index (χ0) is 18.9. The maximum atomic E-state index is 12.8. The fourth-order valence-corrected chi connectivity index (χ4v) is 4.17. The van der Waals surface area contributed by atoms with Gasteiger partial charge in [-0.2, -0.15) is 0 Å². The molecule has 9 heteroatoms. The highest BCUT2D eigenvalue weighted by Crippen LogP contribution is 2.28. The van der Waals surface area contributed by atoms with Crippen molar-refractivity contribution in [2.45, 2.75) is 30.2 Å². The third kappa shape index (κ3) is 3.89. The number of amides is 2. The molecule has 2 aliphatic heterocycles. The molecule has 2 saturated heterocycles. The van der Waals surface area contributed by atoms with Crippen LogP contribution in [0.15, 0.2) is 29.2 Å². The lowest BCUT2D eigenvalue weighted by atomic mass is 10.0. The van der Waals surface area contributed by atoms with E-state index in [9.17, 15) is 18.0 Å². The Bertz CT molecular complexity index is 805. The fourth-order valence-electron chi connectivity index (χ4n) is 3.61. The number of nitrogens with two attached hydrogens (primary N) is 1. The van der Waals surface area contributed by atoms with Crippen molar-refractivity contribution in [3.05, 3.63) is 24.3 Å². The molecule has 3 N–H and O–H groups in total. The van der Waals surface area contributed by atoms with Gasteiger partial charge in [0.2, 0.25) is 21.8 Å². The maximum Gasteiger partial charge on any atom is 0.238 e. The van der Waals surface area contributed by atoms with Crippen LogP contribution in [0.25, 0.3) is 0 Å². The lowest BCUT2D eigenvalue weighted by Gasteiger charge is -2.33. The average molecular weight is 380 g/mol. The first-order valence-electron chi connectivity index (χ1n) is 8.68. The van der Waals surface area contributed by atoms with Crippen molar-refractivity contribution < 1.29 is 18.0 Å². The van der Waals surface area contributed by atoms with Gasteiger partial charge in [-0.15, -0.1) is 0 Å². The number of hydrogen-bond acceptors (Lipinski definition) is 5. The summed E-state index contributed by atoms with van der Waals surface area (Å²) in [6, 6.07) is 6.14. The summed E-state index contributed by atoms with van der Waals surface area (Å²) in [6.45, 7) is 2.03. The fraction of sp³-hybridized carbons (Fsp3) is 0.529. The molecule has 26 heavy (non-hydrogen) atoms. The molecule has 2 heterocycles. The molecular weight excluding hydrogens is 356 g/mol. The Kier molecular flexibility index (Phi) is 5.31. The summed E-state index contributed by atoms with van der Waals surface area (Å²) in [5, 5.41) is 8.43. The van der Waals surface area contributed by atoms with Gasteiger partial charge in [0.25, 0.3) is 0 Å². The van der Waals surface area contributed by atoms with Gasteiger partial charge in [-0.1, -0.05) is 6.07 Å². The number of carbonyl (C=O) groups excluding carboxylic acids is 2. The highest BCUT2D eigenvalue weighted by molar-refractivity contribution is 7.89. The minimum absolute atomic E-state index is 0.0321. The molecule has 1 unspecified atom stereocenters. The van der Waals surface area contributed by atoms with Gasteiger partial charge < -0.3 is 15.1 Å². The summed E-state index contributed by atoms with van der Waals surface area (Å²) in [7, 11) is -2.05. The second-order valence-corrected chi connectivity index (χ2v) is 8.44. The van der Waals surface area contributed by atoms with Crippen LogP contribution < -0.4 is 15.4 Å². The van der Waals surface area contributed by atoms with Crippen LogP contribution >= 0.6 is 0 Å². The molecule has 1 aromatic carbocycles. The normalized spacial score (nSPS) is 21.8. The van der Waals surface area contributed by atoms with E-state index in [2.05, 4.69) is 5.32 Å². The van der Waals surface area contributed by atoms with Crippen LogP contribution in [0, 0.1) is 5.92 Å². The third-order valence-corrected chi connectivity index (χ3v) is 6.05. The molecule has 0 bridgehead atoms. The van der Waals surface area contributed by atoms with Crippen LogP contribution in [0.1, 0.15) is 19.3 Å². The highest BCUT2D eigenvalue weighted by atomic mass is 32.2. The second kappa shape index (κ2) is 7.34. The summed E-state index contributed by atoms with van der Waals surface area (Å²) in [5.74, 6) is -0.635. The van der Waals surface area contributed by atoms with Crippen LogP contribution in [0.4, 0.5) is 5.69 Å². The van der Waals surface area contributed by atoms with E-state index in [4.69, 9.17) is 5.14 Å².